The van der Waals surface area contributed by atoms with Crippen molar-refractivity contribution in [1.29, 1.82) is 0 Å². The van der Waals surface area contributed by atoms with E-state index in [1.54, 1.807) is 11.8 Å². The van der Waals surface area contributed by atoms with Crippen molar-refractivity contribution in [3.63, 3.8) is 0 Å². The van der Waals surface area contributed by atoms with Crippen molar-refractivity contribution in [2.24, 2.45) is 5.41 Å². The SMILES string of the molecule is CCNc1ncc(C)c(SCC2(CC(=O)OC)CC2)n1. The molecule has 0 spiro atoms. The van der Waals surface area contributed by atoms with E-state index in [9.17, 15) is 4.79 Å². The van der Waals surface area contributed by atoms with Crippen LogP contribution in [0.2, 0.25) is 0 Å². The maximum Gasteiger partial charge on any atom is 0.306 e. The van der Waals surface area contributed by atoms with E-state index in [0.717, 1.165) is 35.7 Å². The van der Waals surface area contributed by atoms with Crippen molar-refractivity contribution in [3.8, 4) is 0 Å². The number of aryl methyl sites for hydroxylation is 1. The number of rotatable bonds is 7. The zero-order valence-corrected chi connectivity index (χ0v) is 13.0. The van der Waals surface area contributed by atoms with Gasteiger partial charge in [-0.1, -0.05) is 0 Å². The molecule has 110 valence electrons. The molecule has 1 heterocycles. The van der Waals surface area contributed by atoms with Crippen LogP contribution in [0.4, 0.5) is 5.95 Å². The maximum atomic E-state index is 11.4. The van der Waals surface area contributed by atoms with Gasteiger partial charge in [-0.05, 0) is 37.7 Å². The summed E-state index contributed by atoms with van der Waals surface area (Å²) in [6, 6.07) is 0. The summed E-state index contributed by atoms with van der Waals surface area (Å²) in [7, 11) is 1.45. The van der Waals surface area contributed by atoms with E-state index in [1.165, 1.54) is 7.11 Å². The van der Waals surface area contributed by atoms with Crippen molar-refractivity contribution in [3.05, 3.63) is 11.8 Å². The molecule has 0 bridgehead atoms. The third-order valence-electron chi connectivity index (χ3n) is 3.48. The Morgan fingerprint density at radius 3 is 2.90 bits per heavy atom. The van der Waals surface area contributed by atoms with E-state index in [-0.39, 0.29) is 11.4 Å². The van der Waals surface area contributed by atoms with E-state index >= 15 is 0 Å². The van der Waals surface area contributed by atoms with Crippen LogP contribution in [0, 0.1) is 12.3 Å². The second kappa shape index (κ2) is 6.43. The number of nitrogens with one attached hydrogen (secondary N) is 1. The standard InChI is InChI=1S/C14H21N3O2S/c1-4-15-13-16-8-10(2)12(17-13)20-9-14(5-6-14)7-11(18)19-3/h8H,4-7,9H2,1-3H3,(H,15,16,17). The van der Waals surface area contributed by atoms with Gasteiger partial charge in [0.2, 0.25) is 5.95 Å². The number of hydrogen-bond acceptors (Lipinski definition) is 6. The molecule has 1 fully saturated rings. The summed E-state index contributed by atoms with van der Waals surface area (Å²) < 4.78 is 4.77. The van der Waals surface area contributed by atoms with Crippen molar-refractivity contribution in [2.45, 2.75) is 38.1 Å². The molecular formula is C14H21N3O2S. The number of anilines is 1. The summed E-state index contributed by atoms with van der Waals surface area (Å²) in [6.07, 6.45) is 4.55. The van der Waals surface area contributed by atoms with Crippen molar-refractivity contribution in [1.82, 2.24) is 9.97 Å². The summed E-state index contributed by atoms with van der Waals surface area (Å²) >= 11 is 1.71. The lowest BCUT2D eigenvalue weighted by Crippen LogP contribution is -2.13. The molecule has 1 aliphatic carbocycles. The van der Waals surface area contributed by atoms with Gasteiger partial charge in [0.05, 0.1) is 13.5 Å². The first-order valence-electron chi connectivity index (χ1n) is 6.86. The predicted molar refractivity (Wildman–Crippen MR) is 80.0 cm³/mol. The molecule has 6 heteroatoms. The van der Waals surface area contributed by atoms with Gasteiger partial charge in [-0.25, -0.2) is 9.97 Å². The lowest BCUT2D eigenvalue weighted by Gasteiger charge is -2.14. The molecule has 0 aliphatic heterocycles. The quantitative estimate of drug-likeness (QED) is 0.474. The van der Waals surface area contributed by atoms with Gasteiger partial charge in [0.25, 0.3) is 0 Å². The van der Waals surface area contributed by atoms with Crippen molar-refractivity contribution >= 4 is 23.7 Å². The molecule has 1 N–H and O–H groups in total. The third kappa shape index (κ3) is 3.85. The van der Waals surface area contributed by atoms with Crippen LogP contribution >= 0.6 is 11.8 Å². The molecule has 1 saturated carbocycles. The minimum absolute atomic E-state index is 0.115. The molecule has 1 aromatic rings. The average Bonchev–Trinajstić information content (AvgIpc) is 3.19. The minimum Gasteiger partial charge on any atom is -0.469 e. The monoisotopic (exact) mass is 295 g/mol. The predicted octanol–water partition coefficient (Wildman–Crippen LogP) is 2.65. The van der Waals surface area contributed by atoms with Gasteiger partial charge >= 0.3 is 5.97 Å². The number of thioether (sulfide) groups is 1. The average molecular weight is 295 g/mol. The molecule has 0 atom stereocenters. The lowest BCUT2D eigenvalue weighted by molar-refractivity contribution is -0.141. The molecule has 0 radical (unpaired) electrons. The molecule has 0 saturated heterocycles. The molecule has 1 aromatic heterocycles. The van der Waals surface area contributed by atoms with Crippen LogP contribution < -0.4 is 5.32 Å². The van der Waals surface area contributed by atoms with Gasteiger partial charge in [-0.2, -0.15) is 0 Å². The van der Waals surface area contributed by atoms with Crippen LogP contribution in [0.5, 0.6) is 0 Å². The summed E-state index contributed by atoms with van der Waals surface area (Å²) in [5.74, 6) is 1.46. The van der Waals surface area contributed by atoms with E-state index in [1.807, 2.05) is 20.0 Å². The zero-order valence-electron chi connectivity index (χ0n) is 12.2. The Morgan fingerprint density at radius 1 is 1.55 bits per heavy atom. The number of aromatic nitrogens is 2. The highest BCUT2D eigenvalue weighted by atomic mass is 32.2. The number of nitrogens with zero attached hydrogens (tertiary/aromatic N) is 2. The van der Waals surface area contributed by atoms with Gasteiger partial charge in [-0.3, -0.25) is 4.79 Å². The second-order valence-electron chi connectivity index (χ2n) is 5.25. The fraction of sp³-hybridized carbons (Fsp3) is 0.643. The second-order valence-corrected chi connectivity index (χ2v) is 6.22. The van der Waals surface area contributed by atoms with Gasteiger partial charge in [0, 0.05) is 18.5 Å². The van der Waals surface area contributed by atoms with E-state index in [2.05, 4.69) is 15.3 Å². The van der Waals surface area contributed by atoms with Crippen LogP contribution in [0.1, 0.15) is 31.7 Å². The molecule has 5 nitrogen and oxygen atoms in total. The fourth-order valence-electron chi connectivity index (χ4n) is 1.96. The molecule has 1 aliphatic rings. The first-order chi connectivity index (χ1) is 9.58. The third-order valence-corrected chi connectivity index (χ3v) is 4.92. The number of carbonyl (C=O) groups excluding carboxylic acids is 1. The van der Waals surface area contributed by atoms with Crippen LogP contribution in [0.15, 0.2) is 11.2 Å². The van der Waals surface area contributed by atoms with Crippen LogP contribution in [-0.4, -0.2) is 35.3 Å². The van der Waals surface area contributed by atoms with Gasteiger partial charge in [0.15, 0.2) is 0 Å². The summed E-state index contributed by atoms with van der Waals surface area (Å²) in [5, 5.41) is 4.11. The largest absolute Gasteiger partial charge is 0.469 e. The fourth-order valence-corrected chi connectivity index (χ4v) is 3.23. The van der Waals surface area contributed by atoms with Crippen LogP contribution in [0.3, 0.4) is 0 Å². The van der Waals surface area contributed by atoms with Crippen molar-refractivity contribution in [2.75, 3.05) is 24.7 Å². The zero-order chi connectivity index (χ0) is 14.6. The van der Waals surface area contributed by atoms with E-state index < -0.39 is 0 Å². The number of carbonyl (C=O) groups is 1. The van der Waals surface area contributed by atoms with Gasteiger partial charge < -0.3 is 10.1 Å². The molecular weight excluding hydrogens is 274 g/mol. The van der Waals surface area contributed by atoms with Crippen LogP contribution in [0.25, 0.3) is 0 Å². The smallest absolute Gasteiger partial charge is 0.306 e. The lowest BCUT2D eigenvalue weighted by atomic mass is 10.1. The minimum atomic E-state index is -0.115. The summed E-state index contributed by atoms with van der Waals surface area (Å²) in [6.45, 7) is 4.84. The Kier molecular flexibility index (Phi) is 4.86. The summed E-state index contributed by atoms with van der Waals surface area (Å²) in [4.78, 5) is 20.2. The number of esters is 1. The molecule has 20 heavy (non-hydrogen) atoms. The molecule has 2 rings (SSSR count). The molecule has 0 amide bonds. The first-order valence-corrected chi connectivity index (χ1v) is 7.84. The Bertz CT molecular complexity index is 489. The Balaban J connectivity index is 1.96. The van der Waals surface area contributed by atoms with Crippen molar-refractivity contribution < 1.29 is 9.53 Å². The number of ether oxygens (including phenoxy) is 1. The van der Waals surface area contributed by atoms with Crippen LogP contribution in [-0.2, 0) is 9.53 Å². The highest BCUT2D eigenvalue weighted by Gasteiger charge is 2.44. The molecule has 0 aromatic carbocycles. The Morgan fingerprint density at radius 2 is 2.30 bits per heavy atom. The van der Waals surface area contributed by atoms with E-state index in [0.29, 0.717) is 12.4 Å². The maximum absolute atomic E-state index is 11.4. The molecule has 0 unspecified atom stereocenters. The number of hydrogen-bond donors (Lipinski definition) is 1. The van der Waals surface area contributed by atoms with Gasteiger partial charge in [-0.15, -0.1) is 11.8 Å². The normalized spacial score (nSPS) is 15.8. The highest BCUT2D eigenvalue weighted by Crippen LogP contribution is 2.52. The highest BCUT2D eigenvalue weighted by molar-refractivity contribution is 7.99. The Labute approximate surface area is 123 Å². The van der Waals surface area contributed by atoms with E-state index in [4.69, 9.17) is 4.74 Å². The topological polar surface area (TPSA) is 64.1 Å². The van der Waals surface area contributed by atoms with Gasteiger partial charge in [0.1, 0.15) is 5.03 Å². The number of methoxy groups -OCH3 is 1. The first kappa shape index (κ1) is 15.1. The Hall–Kier alpha value is -1.30. The summed E-state index contributed by atoms with van der Waals surface area (Å²) in [5.41, 5.74) is 1.19.